The second-order valence-corrected chi connectivity index (χ2v) is 20.4. The third-order valence-corrected chi connectivity index (χ3v) is 15.1. The predicted molar refractivity (Wildman–Crippen MR) is 246 cm³/mol. The summed E-state index contributed by atoms with van der Waals surface area (Å²) in [5, 5.41) is 14.0. The molecule has 3 aromatic carbocycles. The zero-order valence-corrected chi connectivity index (χ0v) is 41.0. The summed E-state index contributed by atoms with van der Waals surface area (Å²) < 4.78 is 55.9. The van der Waals surface area contributed by atoms with Crippen LogP contribution in [0.1, 0.15) is 102 Å². The molecule has 1 N–H and O–H groups in total. The van der Waals surface area contributed by atoms with Crippen molar-refractivity contribution in [2.75, 3.05) is 27.9 Å². The van der Waals surface area contributed by atoms with E-state index in [0.29, 0.717) is 28.0 Å². The van der Waals surface area contributed by atoms with Crippen molar-refractivity contribution in [3.8, 4) is 5.75 Å². The maximum absolute atomic E-state index is 15.8. The van der Waals surface area contributed by atoms with E-state index in [1.807, 2.05) is 0 Å². The Morgan fingerprint density at radius 3 is 2.03 bits per heavy atom. The van der Waals surface area contributed by atoms with E-state index in [1.165, 1.54) is 33.2 Å². The molecular formula is C53H63NO15. The Labute approximate surface area is 402 Å². The molecule has 0 radical (unpaired) electrons. The molecule has 0 unspecified atom stereocenters. The molecule has 2 heterocycles. The molecule has 8 rings (SSSR count). The van der Waals surface area contributed by atoms with Crippen LogP contribution in [0.5, 0.6) is 5.75 Å². The highest BCUT2D eigenvalue weighted by molar-refractivity contribution is 5.94. The topological polar surface area (TPSA) is 192 Å². The third-order valence-electron chi connectivity index (χ3n) is 15.1. The first-order valence-electron chi connectivity index (χ1n) is 23.2. The number of ether oxygens (including phenoxy) is 9. The van der Waals surface area contributed by atoms with Crippen LogP contribution in [-0.4, -0.2) is 121 Å². The summed E-state index contributed by atoms with van der Waals surface area (Å²) >= 11 is 0. The highest BCUT2D eigenvalue weighted by atomic mass is 16.6. The minimum Gasteiger partial charge on any atom is -0.497 e. The van der Waals surface area contributed by atoms with Crippen LogP contribution in [0.3, 0.4) is 0 Å². The van der Waals surface area contributed by atoms with Gasteiger partial charge in [0, 0.05) is 45.0 Å². The third kappa shape index (κ3) is 8.21. The molecule has 3 aromatic rings. The normalized spacial score (nSPS) is 33.7. The molecule has 2 aliphatic heterocycles. The van der Waals surface area contributed by atoms with Gasteiger partial charge in [-0.05, 0) is 75.6 Å². The van der Waals surface area contributed by atoms with Gasteiger partial charge in [0.25, 0.3) is 0 Å². The van der Waals surface area contributed by atoms with Crippen LogP contribution >= 0.6 is 0 Å². The first kappa shape index (κ1) is 49.8. The van der Waals surface area contributed by atoms with Crippen LogP contribution in [0.15, 0.2) is 96.1 Å². The number of Topliss-reactive ketones (excluding diaryl/α,β-unsaturated/α-hetero) is 1. The van der Waals surface area contributed by atoms with Gasteiger partial charge in [-0.1, -0.05) is 74.5 Å². The van der Waals surface area contributed by atoms with E-state index in [2.05, 4.69) is 0 Å². The van der Waals surface area contributed by atoms with Crippen LogP contribution in [-0.2, 0) is 52.3 Å². The average Bonchev–Trinajstić information content (AvgIpc) is 3.72. The summed E-state index contributed by atoms with van der Waals surface area (Å²) in [5.41, 5.74) is -5.96. The second kappa shape index (κ2) is 18.3. The maximum Gasteiger partial charge on any atom is 0.413 e. The van der Waals surface area contributed by atoms with E-state index in [0.717, 1.165) is 0 Å². The van der Waals surface area contributed by atoms with E-state index >= 15 is 9.59 Å². The lowest BCUT2D eigenvalue weighted by Gasteiger charge is -2.67. The van der Waals surface area contributed by atoms with Crippen molar-refractivity contribution in [2.24, 2.45) is 16.7 Å². The lowest BCUT2D eigenvalue weighted by molar-refractivity contribution is -0.347. The van der Waals surface area contributed by atoms with Gasteiger partial charge >= 0.3 is 24.0 Å². The first-order chi connectivity index (χ1) is 32.6. The number of rotatable bonds is 10. The van der Waals surface area contributed by atoms with Gasteiger partial charge < -0.3 is 47.7 Å². The van der Waals surface area contributed by atoms with Gasteiger partial charge in [-0.2, -0.15) is 0 Å². The molecule has 2 saturated heterocycles. The van der Waals surface area contributed by atoms with E-state index in [1.54, 1.807) is 133 Å². The molecule has 2 bridgehead atoms. The van der Waals surface area contributed by atoms with Crippen molar-refractivity contribution >= 4 is 29.8 Å². The highest BCUT2D eigenvalue weighted by Crippen LogP contribution is 2.65. The fraction of sp³-hybridized carbons (Fsp3) is 0.528. The standard InChI is InChI=1S/C53H63NO15/c1-29-35(65-47(58)41-39(31-18-14-12-15-19-31)54(48(59)69-49(3,4)5)45(66-41)32-22-24-34(61-9)25-23-32)27-53(60)44(67-46(57)33-20-16-13-17-21-33)42-51(8,43(56)40(63-11)38(29)50(53,6)7)36(62-10)26-37-52(42,28-64-37)68-30(2)55/h12-25,35-37,39-42,44-45,60H,26-28H2,1-11H3/t35-,36-,37+,39-,40-,41+,42-,44-,45+,51+,52-,53+/m0/s1. The first-order valence-corrected chi connectivity index (χ1v) is 23.2. The van der Waals surface area contributed by atoms with Gasteiger partial charge in [-0.25, -0.2) is 14.4 Å². The lowest BCUT2D eigenvalue weighted by atomic mass is 9.44. The quantitative estimate of drug-likeness (QED) is 0.124. The summed E-state index contributed by atoms with van der Waals surface area (Å²) in [6.45, 7) is 13.1. The largest absolute Gasteiger partial charge is 0.497 e. The molecule has 16 nitrogen and oxygen atoms in total. The Bertz CT molecular complexity index is 2490. The monoisotopic (exact) mass is 953 g/mol. The van der Waals surface area contributed by atoms with Crippen molar-refractivity contribution in [1.29, 1.82) is 0 Å². The van der Waals surface area contributed by atoms with Crippen LogP contribution in [0, 0.1) is 16.7 Å². The number of ketones is 1. The molecular weight excluding hydrogens is 891 g/mol. The molecule has 12 atom stereocenters. The minimum absolute atomic E-state index is 0.125. The molecule has 2 saturated carbocycles. The molecule has 0 spiro atoms. The molecule has 1 amide bonds. The number of esters is 3. The summed E-state index contributed by atoms with van der Waals surface area (Å²) in [7, 11) is 4.37. The van der Waals surface area contributed by atoms with Crippen LogP contribution in [0.4, 0.5) is 4.79 Å². The molecule has 69 heavy (non-hydrogen) atoms. The molecule has 5 aliphatic rings. The van der Waals surface area contributed by atoms with Gasteiger partial charge in [-0.15, -0.1) is 0 Å². The van der Waals surface area contributed by atoms with Crippen molar-refractivity contribution < 1.29 is 71.7 Å². The van der Waals surface area contributed by atoms with Gasteiger partial charge in [0.15, 0.2) is 23.7 Å². The lowest BCUT2D eigenvalue weighted by Crippen LogP contribution is -2.82. The Morgan fingerprint density at radius 2 is 1.48 bits per heavy atom. The van der Waals surface area contributed by atoms with Crippen LogP contribution < -0.4 is 4.74 Å². The molecule has 4 fully saturated rings. The summed E-state index contributed by atoms with van der Waals surface area (Å²) in [6, 6.07) is 22.9. The zero-order chi connectivity index (χ0) is 50.0. The number of nitrogens with zero attached hydrogens (tertiary/aromatic N) is 1. The number of hydrogen-bond acceptors (Lipinski definition) is 15. The smallest absolute Gasteiger partial charge is 0.413 e. The number of benzene rings is 3. The number of fused-ring (bicyclic) bond motifs is 5. The fourth-order valence-electron chi connectivity index (χ4n) is 11.8. The summed E-state index contributed by atoms with van der Waals surface area (Å²) in [6.07, 6.45) is -9.71. The molecule has 3 aliphatic carbocycles. The molecule has 16 heteroatoms. The zero-order valence-electron chi connectivity index (χ0n) is 41.0. The average molecular weight is 954 g/mol. The number of carbonyl (C=O) groups is 5. The van der Waals surface area contributed by atoms with E-state index in [4.69, 9.17) is 42.6 Å². The number of carbonyl (C=O) groups excluding carboxylic acids is 5. The second-order valence-electron chi connectivity index (χ2n) is 20.4. The fourth-order valence-corrected chi connectivity index (χ4v) is 11.8. The van der Waals surface area contributed by atoms with Crippen molar-refractivity contribution in [3.63, 3.8) is 0 Å². The Hall–Kier alpha value is -5.65. The van der Waals surface area contributed by atoms with E-state index in [9.17, 15) is 19.5 Å². The molecule has 370 valence electrons. The number of amides is 1. The summed E-state index contributed by atoms with van der Waals surface area (Å²) in [4.78, 5) is 74.6. The van der Waals surface area contributed by atoms with Gasteiger partial charge in [0.05, 0.1) is 36.7 Å². The molecule has 0 aromatic heterocycles. The van der Waals surface area contributed by atoms with Gasteiger partial charge in [0.2, 0.25) is 0 Å². The van der Waals surface area contributed by atoms with Crippen molar-refractivity contribution in [3.05, 3.63) is 113 Å². The van der Waals surface area contributed by atoms with Crippen LogP contribution in [0.2, 0.25) is 0 Å². The van der Waals surface area contributed by atoms with Crippen LogP contribution in [0.25, 0.3) is 0 Å². The van der Waals surface area contributed by atoms with Crippen molar-refractivity contribution in [1.82, 2.24) is 4.90 Å². The number of hydrogen-bond donors (Lipinski definition) is 1. The predicted octanol–water partition coefficient (Wildman–Crippen LogP) is 7.03. The number of methoxy groups -OCH3 is 3. The minimum atomic E-state index is -2.22. The van der Waals surface area contributed by atoms with E-state index < -0.39 is 112 Å². The van der Waals surface area contributed by atoms with Gasteiger partial charge in [-0.3, -0.25) is 14.5 Å². The highest BCUT2D eigenvalue weighted by Gasteiger charge is 2.78. The number of aliphatic hydroxyl groups is 1. The van der Waals surface area contributed by atoms with Gasteiger partial charge in [0.1, 0.15) is 47.4 Å². The Balaban J connectivity index is 1.29. The van der Waals surface area contributed by atoms with E-state index in [-0.39, 0.29) is 25.0 Å². The van der Waals surface area contributed by atoms with Crippen molar-refractivity contribution in [2.45, 2.75) is 134 Å². The Kier molecular flexibility index (Phi) is 13.2. The maximum atomic E-state index is 15.8. The SMILES string of the molecule is COc1ccc([C@H]2O[C@@H](C(=O)O[C@H]3C[C@@]4(O)[C@@H](OC(=O)c5ccccc5)[C@@H]5[C@]6(OC(C)=O)CO[C@@H]6C[C@H](OC)[C@@]5(C)C(=O)[C@@H](OC)C(=C3C)C4(C)C)[C@H](c3ccccc3)N2C(=O)OC(C)(C)C)cc1. The Morgan fingerprint density at radius 1 is 0.841 bits per heavy atom. The summed E-state index contributed by atoms with van der Waals surface area (Å²) in [5.74, 6) is -3.65.